The second-order valence-electron chi connectivity index (χ2n) is 6.56. The van der Waals surface area contributed by atoms with Gasteiger partial charge in [-0.2, -0.15) is 0 Å². The Balaban J connectivity index is 1.85. The Kier molecular flexibility index (Phi) is 5.22. The van der Waals surface area contributed by atoms with Gasteiger partial charge in [0.05, 0.1) is 0 Å². The van der Waals surface area contributed by atoms with Gasteiger partial charge >= 0.3 is 0 Å². The van der Waals surface area contributed by atoms with E-state index in [4.69, 9.17) is 0 Å². The van der Waals surface area contributed by atoms with Crippen LogP contribution in [0.15, 0.2) is 30.3 Å². The Labute approximate surface area is 123 Å². The molecule has 0 bridgehead atoms. The van der Waals surface area contributed by atoms with E-state index in [9.17, 15) is 4.79 Å². The van der Waals surface area contributed by atoms with Crippen molar-refractivity contribution in [3.63, 3.8) is 0 Å². The standard InChI is InChI=1S/C18H27NO/c1-13-9-10-14(2)17(11-13)18(20)19-12-15(3)16-7-5-4-6-8-16/h4-8,13-15,17H,9-12H2,1-3H3,(H,19,20). The van der Waals surface area contributed by atoms with E-state index < -0.39 is 0 Å². The number of amides is 1. The SMILES string of the molecule is CC1CCC(C)C(C(=O)NCC(C)c2ccccc2)C1. The lowest BCUT2D eigenvalue weighted by Gasteiger charge is -2.32. The summed E-state index contributed by atoms with van der Waals surface area (Å²) < 4.78 is 0. The molecule has 1 N–H and O–H groups in total. The maximum absolute atomic E-state index is 12.4. The Morgan fingerprint density at radius 2 is 1.95 bits per heavy atom. The number of carbonyl (C=O) groups excluding carboxylic acids is 1. The fourth-order valence-electron chi connectivity index (χ4n) is 3.18. The molecule has 1 fully saturated rings. The monoisotopic (exact) mass is 273 g/mol. The normalized spacial score (nSPS) is 27.9. The minimum absolute atomic E-state index is 0.210. The van der Waals surface area contributed by atoms with Gasteiger partial charge in [-0.25, -0.2) is 0 Å². The molecule has 0 heterocycles. The smallest absolute Gasteiger partial charge is 0.223 e. The molecular formula is C18H27NO. The van der Waals surface area contributed by atoms with E-state index in [1.165, 1.54) is 18.4 Å². The van der Waals surface area contributed by atoms with Gasteiger partial charge in [-0.05, 0) is 36.2 Å². The first kappa shape index (κ1) is 15.1. The van der Waals surface area contributed by atoms with Crippen molar-refractivity contribution in [1.82, 2.24) is 5.32 Å². The molecule has 0 spiro atoms. The summed E-state index contributed by atoms with van der Waals surface area (Å²) in [5.41, 5.74) is 1.29. The van der Waals surface area contributed by atoms with Crippen molar-refractivity contribution in [2.24, 2.45) is 17.8 Å². The lowest BCUT2D eigenvalue weighted by Crippen LogP contribution is -2.38. The topological polar surface area (TPSA) is 29.1 Å². The summed E-state index contributed by atoms with van der Waals surface area (Å²) in [6, 6.07) is 10.4. The van der Waals surface area contributed by atoms with Crippen LogP contribution >= 0.6 is 0 Å². The fourth-order valence-corrected chi connectivity index (χ4v) is 3.18. The second kappa shape index (κ2) is 6.92. The number of hydrogen-bond donors (Lipinski definition) is 1. The molecule has 0 saturated heterocycles. The van der Waals surface area contributed by atoms with Crippen LogP contribution in [0.4, 0.5) is 0 Å². The van der Waals surface area contributed by atoms with E-state index >= 15 is 0 Å². The minimum atomic E-state index is 0.210. The van der Waals surface area contributed by atoms with Gasteiger partial charge in [0.1, 0.15) is 0 Å². The summed E-state index contributed by atoms with van der Waals surface area (Å²) in [7, 11) is 0. The quantitative estimate of drug-likeness (QED) is 0.883. The molecule has 1 aliphatic rings. The van der Waals surface area contributed by atoms with Crippen LogP contribution in [0.1, 0.15) is 51.5 Å². The van der Waals surface area contributed by atoms with Gasteiger partial charge in [0.2, 0.25) is 5.91 Å². The van der Waals surface area contributed by atoms with E-state index in [2.05, 4.69) is 50.4 Å². The van der Waals surface area contributed by atoms with E-state index in [1.807, 2.05) is 6.07 Å². The number of carbonyl (C=O) groups is 1. The molecule has 0 radical (unpaired) electrons. The third kappa shape index (κ3) is 3.84. The van der Waals surface area contributed by atoms with Gasteiger partial charge in [0.15, 0.2) is 0 Å². The fraction of sp³-hybridized carbons (Fsp3) is 0.611. The van der Waals surface area contributed by atoms with Crippen LogP contribution in [0.25, 0.3) is 0 Å². The van der Waals surface area contributed by atoms with Crippen molar-refractivity contribution in [1.29, 1.82) is 0 Å². The molecule has 20 heavy (non-hydrogen) atoms. The molecule has 1 aromatic rings. The highest BCUT2D eigenvalue weighted by Crippen LogP contribution is 2.33. The Morgan fingerprint density at radius 1 is 1.25 bits per heavy atom. The number of hydrogen-bond acceptors (Lipinski definition) is 1. The maximum atomic E-state index is 12.4. The van der Waals surface area contributed by atoms with Crippen LogP contribution in [0.3, 0.4) is 0 Å². The lowest BCUT2D eigenvalue weighted by molar-refractivity contribution is -0.128. The molecule has 1 saturated carbocycles. The lowest BCUT2D eigenvalue weighted by atomic mass is 9.75. The molecule has 2 nitrogen and oxygen atoms in total. The molecule has 1 amide bonds. The van der Waals surface area contributed by atoms with E-state index in [0.717, 1.165) is 13.0 Å². The Morgan fingerprint density at radius 3 is 2.65 bits per heavy atom. The predicted octanol–water partition coefficient (Wildman–Crippen LogP) is 3.98. The molecule has 1 aliphatic carbocycles. The Bertz CT molecular complexity index is 428. The van der Waals surface area contributed by atoms with Gasteiger partial charge in [0.25, 0.3) is 0 Å². The highest BCUT2D eigenvalue weighted by atomic mass is 16.1. The van der Waals surface area contributed by atoms with Gasteiger partial charge < -0.3 is 5.32 Å². The van der Waals surface area contributed by atoms with E-state index in [1.54, 1.807) is 0 Å². The average Bonchev–Trinajstić information content (AvgIpc) is 2.47. The van der Waals surface area contributed by atoms with Crippen LogP contribution in [0, 0.1) is 17.8 Å². The van der Waals surface area contributed by atoms with Crippen LogP contribution in [0.2, 0.25) is 0 Å². The van der Waals surface area contributed by atoms with Gasteiger partial charge in [-0.3, -0.25) is 4.79 Å². The molecular weight excluding hydrogens is 246 g/mol. The molecule has 0 aliphatic heterocycles. The molecule has 4 atom stereocenters. The van der Waals surface area contributed by atoms with Crippen molar-refractivity contribution in [3.8, 4) is 0 Å². The zero-order valence-corrected chi connectivity index (χ0v) is 12.9. The average molecular weight is 273 g/mol. The van der Waals surface area contributed by atoms with Gasteiger partial charge in [0, 0.05) is 12.5 Å². The maximum Gasteiger partial charge on any atom is 0.223 e. The van der Waals surface area contributed by atoms with Crippen molar-refractivity contribution in [2.45, 2.75) is 46.0 Å². The Hall–Kier alpha value is -1.31. The largest absolute Gasteiger partial charge is 0.355 e. The first-order valence-corrected chi connectivity index (χ1v) is 7.90. The van der Waals surface area contributed by atoms with Gasteiger partial charge in [-0.1, -0.05) is 57.5 Å². The molecule has 4 unspecified atom stereocenters. The van der Waals surface area contributed by atoms with Gasteiger partial charge in [-0.15, -0.1) is 0 Å². The summed E-state index contributed by atoms with van der Waals surface area (Å²) in [6.45, 7) is 7.39. The van der Waals surface area contributed by atoms with Crippen LogP contribution in [-0.4, -0.2) is 12.5 Å². The van der Waals surface area contributed by atoms with Crippen molar-refractivity contribution >= 4 is 5.91 Å². The highest BCUT2D eigenvalue weighted by molar-refractivity contribution is 5.79. The molecule has 110 valence electrons. The van der Waals surface area contributed by atoms with Crippen molar-refractivity contribution < 1.29 is 4.79 Å². The minimum Gasteiger partial charge on any atom is -0.355 e. The van der Waals surface area contributed by atoms with Crippen LogP contribution in [0.5, 0.6) is 0 Å². The predicted molar refractivity (Wildman–Crippen MR) is 83.5 cm³/mol. The zero-order valence-electron chi connectivity index (χ0n) is 12.9. The summed E-state index contributed by atoms with van der Waals surface area (Å²) in [6.07, 6.45) is 3.51. The van der Waals surface area contributed by atoms with Crippen molar-refractivity contribution in [3.05, 3.63) is 35.9 Å². The summed E-state index contributed by atoms with van der Waals surface area (Å²) >= 11 is 0. The van der Waals surface area contributed by atoms with Crippen LogP contribution < -0.4 is 5.32 Å². The first-order valence-electron chi connectivity index (χ1n) is 7.90. The molecule has 1 aromatic carbocycles. The number of rotatable bonds is 4. The van der Waals surface area contributed by atoms with E-state index in [0.29, 0.717) is 17.8 Å². The first-order chi connectivity index (χ1) is 9.58. The molecule has 2 heteroatoms. The van der Waals surface area contributed by atoms with Crippen molar-refractivity contribution in [2.75, 3.05) is 6.54 Å². The zero-order chi connectivity index (χ0) is 14.5. The number of benzene rings is 1. The summed E-state index contributed by atoms with van der Waals surface area (Å²) in [5, 5.41) is 3.16. The summed E-state index contributed by atoms with van der Waals surface area (Å²) in [4.78, 5) is 12.4. The highest BCUT2D eigenvalue weighted by Gasteiger charge is 2.30. The molecule has 2 rings (SSSR count). The molecule has 0 aromatic heterocycles. The second-order valence-corrected chi connectivity index (χ2v) is 6.56. The van der Waals surface area contributed by atoms with E-state index in [-0.39, 0.29) is 11.8 Å². The number of nitrogens with one attached hydrogen (secondary N) is 1. The summed E-state index contributed by atoms with van der Waals surface area (Å²) in [5.74, 6) is 2.05. The third-order valence-corrected chi connectivity index (χ3v) is 4.75. The third-order valence-electron chi connectivity index (χ3n) is 4.75. The van der Waals surface area contributed by atoms with Crippen LogP contribution in [-0.2, 0) is 4.79 Å².